The number of hydrogen-bond donors (Lipinski definition) is 0. The van der Waals surface area contributed by atoms with Gasteiger partial charge in [-0.05, 0) is 42.2 Å². The molecule has 130 valence electrons. The summed E-state index contributed by atoms with van der Waals surface area (Å²) in [5, 5.41) is 3.55. The van der Waals surface area contributed by atoms with E-state index in [1.807, 2.05) is 18.2 Å². The fraction of sp³-hybridized carbons (Fsp3) is 0.120. The summed E-state index contributed by atoms with van der Waals surface area (Å²) < 4.78 is 12.4. The third-order valence-corrected chi connectivity index (χ3v) is 5.74. The molecule has 0 N–H and O–H groups in total. The van der Waals surface area contributed by atoms with Crippen LogP contribution in [0.5, 0.6) is 0 Å². The summed E-state index contributed by atoms with van der Waals surface area (Å²) in [6.07, 6.45) is 3.32. The number of rotatable bonds is 1. The van der Waals surface area contributed by atoms with Crippen molar-refractivity contribution in [1.29, 1.82) is 0 Å². The largest absolute Gasteiger partial charge is 0.456 e. The van der Waals surface area contributed by atoms with Crippen molar-refractivity contribution in [2.75, 3.05) is 0 Å². The second kappa shape index (κ2) is 5.37. The Balaban J connectivity index is 1.58. The highest BCUT2D eigenvalue weighted by molar-refractivity contribution is 6.06. The van der Waals surface area contributed by atoms with Crippen LogP contribution in [0.1, 0.15) is 36.1 Å². The molecule has 27 heavy (non-hydrogen) atoms. The Bertz CT molecular complexity index is 1360. The van der Waals surface area contributed by atoms with Gasteiger partial charge in [-0.2, -0.15) is 0 Å². The Kier molecular flexibility index (Phi) is 2.96. The van der Waals surface area contributed by atoms with Crippen LogP contribution >= 0.6 is 0 Å². The van der Waals surface area contributed by atoms with Crippen molar-refractivity contribution < 1.29 is 8.83 Å². The molecule has 2 nitrogen and oxygen atoms in total. The van der Waals surface area contributed by atoms with E-state index < -0.39 is 0 Å². The van der Waals surface area contributed by atoms with Gasteiger partial charge in [-0.15, -0.1) is 0 Å². The first-order valence-corrected chi connectivity index (χ1v) is 9.43. The normalized spacial score (nSPS) is 16.8. The molecule has 0 amide bonds. The van der Waals surface area contributed by atoms with Crippen LogP contribution in [-0.4, -0.2) is 0 Å². The van der Waals surface area contributed by atoms with Gasteiger partial charge in [0.25, 0.3) is 0 Å². The molecule has 1 aliphatic rings. The van der Waals surface area contributed by atoms with Crippen molar-refractivity contribution in [3.8, 4) is 0 Å². The van der Waals surface area contributed by atoms with Crippen LogP contribution in [0.25, 0.3) is 38.5 Å². The molecule has 1 unspecified atom stereocenters. The van der Waals surface area contributed by atoms with Gasteiger partial charge >= 0.3 is 0 Å². The summed E-state index contributed by atoms with van der Waals surface area (Å²) in [5.41, 5.74) is 6.46. The molecule has 1 atom stereocenters. The number of benzene rings is 3. The molecular weight excluding hydrogens is 332 g/mol. The number of hydrogen-bond acceptors (Lipinski definition) is 2. The van der Waals surface area contributed by atoms with Crippen molar-refractivity contribution in [2.45, 2.75) is 19.3 Å². The molecule has 5 aromatic rings. The lowest BCUT2D eigenvalue weighted by atomic mass is 9.84. The van der Waals surface area contributed by atoms with E-state index in [2.05, 4.69) is 61.5 Å². The molecule has 3 aromatic carbocycles. The van der Waals surface area contributed by atoms with Gasteiger partial charge in [-0.3, -0.25) is 0 Å². The molecule has 0 saturated carbocycles. The summed E-state index contributed by atoms with van der Waals surface area (Å²) in [7, 11) is 0. The highest BCUT2D eigenvalue weighted by atomic mass is 16.3. The van der Waals surface area contributed by atoms with Crippen LogP contribution < -0.4 is 0 Å². The van der Waals surface area contributed by atoms with E-state index in [0.29, 0.717) is 5.92 Å². The zero-order valence-electron chi connectivity index (χ0n) is 15.0. The molecule has 1 aliphatic carbocycles. The van der Waals surface area contributed by atoms with Crippen LogP contribution in [0.3, 0.4) is 0 Å². The van der Waals surface area contributed by atoms with Gasteiger partial charge in [0.05, 0.1) is 0 Å². The zero-order valence-corrected chi connectivity index (χ0v) is 15.0. The van der Waals surface area contributed by atoms with E-state index >= 15 is 0 Å². The van der Waals surface area contributed by atoms with E-state index in [1.54, 1.807) is 0 Å². The summed E-state index contributed by atoms with van der Waals surface area (Å²) in [6, 6.07) is 23.0. The minimum atomic E-state index is 0.460. The monoisotopic (exact) mass is 350 g/mol. The first kappa shape index (κ1) is 14.9. The molecule has 2 heteroatoms. The molecule has 0 radical (unpaired) electrons. The maximum Gasteiger partial charge on any atom is 0.139 e. The van der Waals surface area contributed by atoms with Gasteiger partial charge in [0, 0.05) is 27.3 Å². The second-order valence-electron chi connectivity index (χ2n) is 7.40. The standard InChI is InChI=1S/C25H18O2/c1-15-10-12-17(25-24(15)20-7-3-5-9-22(20)27-25)16-11-13-19-18-6-2-4-8-21(18)26-23(19)14-16/h2-9,11-15H,10H2,1H3. The third kappa shape index (κ3) is 2.07. The minimum Gasteiger partial charge on any atom is -0.456 e. The summed E-state index contributed by atoms with van der Waals surface area (Å²) in [6.45, 7) is 2.27. The zero-order chi connectivity index (χ0) is 18.0. The molecule has 2 heterocycles. The van der Waals surface area contributed by atoms with Gasteiger partial charge in [-0.1, -0.05) is 55.5 Å². The van der Waals surface area contributed by atoms with Crippen LogP contribution in [0, 0.1) is 0 Å². The fourth-order valence-electron chi connectivity index (χ4n) is 4.40. The second-order valence-corrected chi connectivity index (χ2v) is 7.40. The Hall–Kier alpha value is -3.26. The molecule has 0 fully saturated rings. The molecule has 6 rings (SSSR count). The minimum absolute atomic E-state index is 0.460. The van der Waals surface area contributed by atoms with E-state index in [1.165, 1.54) is 16.5 Å². The van der Waals surface area contributed by atoms with Crippen molar-refractivity contribution >= 4 is 38.5 Å². The third-order valence-electron chi connectivity index (χ3n) is 5.74. The van der Waals surface area contributed by atoms with Crippen molar-refractivity contribution in [1.82, 2.24) is 0 Å². The number of allylic oxidation sites excluding steroid dienone is 1. The first-order valence-electron chi connectivity index (χ1n) is 9.43. The number of para-hydroxylation sites is 2. The maximum absolute atomic E-state index is 6.30. The lowest BCUT2D eigenvalue weighted by molar-refractivity contribution is 0.581. The van der Waals surface area contributed by atoms with Gasteiger partial charge in [0.15, 0.2) is 0 Å². The lowest BCUT2D eigenvalue weighted by Crippen LogP contribution is -2.02. The van der Waals surface area contributed by atoms with E-state index in [0.717, 1.165) is 45.3 Å². The van der Waals surface area contributed by atoms with Crippen LogP contribution in [0.4, 0.5) is 0 Å². The summed E-state index contributed by atoms with van der Waals surface area (Å²) in [5.74, 6) is 1.47. The lowest BCUT2D eigenvalue weighted by Gasteiger charge is -2.18. The molecule has 0 saturated heterocycles. The summed E-state index contributed by atoms with van der Waals surface area (Å²) in [4.78, 5) is 0. The highest BCUT2D eigenvalue weighted by Crippen LogP contribution is 2.44. The predicted molar refractivity (Wildman–Crippen MR) is 110 cm³/mol. The fourth-order valence-corrected chi connectivity index (χ4v) is 4.40. The van der Waals surface area contributed by atoms with Crippen molar-refractivity contribution in [3.63, 3.8) is 0 Å². The highest BCUT2D eigenvalue weighted by Gasteiger charge is 2.26. The average molecular weight is 350 g/mol. The van der Waals surface area contributed by atoms with Crippen molar-refractivity contribution in [3.05, 3.63) is 89.7 Å². The van der Waals surface area contributed by atoms with E-state index in [9.17, 15) is 0 Å². The Labute approximate surface area is 156 Å². The van der Waals surface area contributed by atoms with Gasteiger partial charge < -0.3 is 8.83 Å². The average Bonchev–Trinajstić information content (AvgIpc) is 3.26. The Morgan fingerprint density at radius 2 is 1.44 bits per heavy atom. The van der Waals surface area contributed by atoms with Crippen LogP contribution in [0.2, 0.25) is 0 Å². The molecule has 0 spiro atoms. The Morgan fingerprint density at radius 1 is 0.741 bits per heavy atom. The number of furan rings is 2. The SMILES string of the molecule is CC1CC=C(c2ccc3c(c2)oc2ccccc23)c2oc3ccccc3c21. The van der Waals surface area contributed by atoms with Crippen molar-refractivity contribution in [2.24, 2.45) is 0 Å². The van der Waals surface area contributed by atoms with Gasteiger partial charge in [-0.25, -0.2) is 0 Å². The van der Waals surface area contributed by atoms with E-state index in [4.69, 9.17) is 8.83 Å². The van der Waals surface area contributed by atoms with Gasteiger partial charge in [0.2, 0.25) is 0 Å². The number of fused-ring (bicyclic) bond motifs is 6. The topological polar surface area (TPSA) is 26.3 Å². The Morgan fingerprint density at radius 3 is 2.30 bits per heavy atom. The smallest absolute Gasteiger partial charge is 0.139 e. The van der Waals surface area contributed by atoms with Gasteiger partial charge in [0.1, 0.15) is 22.5 Å². The first-order chi connectivity index (χ1) is 13.3. The predicted octanol–water partition coefficient (Wildman–Crippen LogP) is 7.27. The molecule has 0 aliphatic heterocycles. The van der Waals surface area contributed by atoms with Crippen LogP contribution in [0.15, 0.2) is 81.6 Å². The quantitative estimate of drug-likeness (QED) is 0.318. The molecule has 2 aromatic heterocycles. The van der Waals surface area contributed by atoms with E-state index in [-0.39, 0.29) is 0 Å². The van der Waals surface area contributed by atoms with Crippen LogP contribution in [-0.2, 0) is 0 Å². The molecular formula is C25H18O2. The maximum atomic E-state index is 6.30. The summed E-state index contributed by atoms with van der Waals surface area (Å²) >= 11 is 0. The molecule has 0 bridgehead atoms.